The van der Waals surface area contributed by atoms with E-state index in [4.69, 9.17) is 18.9 Å². The lowest BCUT2D eigenvalue weighted by Crippen LogP contribution is -2.61. The number of rotatable bonds is 10. The SMILES string of the molecule is OCC1O[C@@H](O)[C@@H](OCc2ccccc2)[C@@H](OCc2ccccc2)[C@H]1OCc1ccccc1. The Morgan fingerprint density at radius 3 is 1.39 bits per heavy atom. The van der Waals surface area contributed by atoms with Gasteiger partial charge in [0.2, 0.25) is 0 Å². The lowest BCUT2D eigenvalue weighted by Gasteiger charge is -2.44. The van der Waals surface area contributed by atoms with Gasteiger partial charge in [0.05, 0.1) is 26.4 Å². The van der Waals surface area contributed by atoms with Crippen molar-refractivity contribution in [2.45, 2.75) is 50.5 Å². The maximum Gasteiger partial charge on any atom is 0.184 e. The van der Waals surface area contributed by atoms with Gasteiger partial charge < -0.3 is 29.2 Å². The van der Waals surface area contributed by atoms with Gasteiger partial charge in [0.15, 0.2) is 6.29 Å². The molecule has 5 atom stereocenters. The van der Waals surface area contributed by atoms with Crippen LogP contribution >= 0.6 is 0 Å². The van der Waals surface area contributed by atoms with Crippen LogP contribution in [0.3, 0.4) is 0 Å². The molecule has 3 aromatic rings. The predicted octanol–water partition coefficient (Wildman–Crippen LogP) is 3.45. The normalized spacial score (nSPS) is 25.1. The van der Waals surface area contributed by atoms with Crippen LogP contribution in [0.2, 0.25) is 0 Å². The second-order valence-electron chi connectivity index (χ2n) is 8.03. The van der Waals surface area contributed by atoms with Crippen LogP contribution in [-0.4, -0.2) is 47.5 Å². The minimum atomic E-state index is -1.26. The highest BCUT2D eigenvalue weighted by Crippen LogP contribution is 2.29. The molecule has 174 valence electrons. The van der Waals surface area contributed by atoms with E-state index >= 15 is 0 Å². The van der Waals surface area contributed by atoms with Gasteiger partial charge in [-0.3, -0.25) is 0 Å². The van der Waals surface area contributed by atoms with E-state index in [-0.39, 0.29) is 13.2 Å². The maximum absolute atomic E-state index is 10.7. The summed E-state index contributed by atoms with van der Waals surface area (Å²) in [7, 11) is 0. The first kappa shape index (κ1) is 23.6. The zero-order chi connectivity index (χ0) is 22.9. The average molecular weight is 451 g/mol. The number of hydrogen-bond donors (Lipinski definition) is 2. The number of ether oxygens (including phenoxy) is 4. The molecule has 0 saturated carbocycles. The molecule has 4 rings (SSSR count). The van der Waals surface area contributed by atoms with Gasteiger partial charge in [-0.1, -0.05) is 91.0 Å². The van der Waals surface area contributed by atoms with Gasteiger partial charge in [-0.25, -0.2) is 0 Å². The van der Waals surface area contributed by atoms with E-state index in [2.05, 4.69) is 0 Å². The molecule has 3 aromatic carbocycles. The van der Waals surface area contributed by atoms with Gasteiger partial charge in [-0.2, -0.15) is 0 Å². The Hall–Kier alpha value is -2.58. The Morgan fingerprint density at radius 1 is 0.576 bits per heavy atom. The van der Waals surface area contributed by atoms with Crippen LogP contribution in [0.25, 0.3) is 0 Å². The van der Waals surface area contributed by atoms with Crippen molar-refractivity contribution in [3.63, 3.8) is 0 Å². The molecule has 0 aromatic heterocycles. The first-order valence-electron chi connectivity index (χ1n) is 11.2. The maximum atomic E-state index is 10.7. The first-order valence-corrected chi connectivity index (χ1v) is 11.2. The quantitative estimate of drug-likeness (QED) is 0.493. The van der Waals surface area contributed by atoms with Crippen molar-refractivity contribution in [3.05, 3.63) is 108 Å². The fraction of sp³-hybridized carbons (Fsp3) is 0.333. The summed E-state index contributed by atoms with van der Waals surface area (Å²) in [6, 6.07) is 29.3. The van der Waals surface area contributed by atoms with Crippen molar-refractivity contribution >= 4 is 0 Å². The monoisotopic (exact) mass is 450 g/mol. The standard InChI is InChI=1S/C27H30O6/c28-16-23-24(30-17-20-10-4-1-5-11-20)25(31-18-21-12-6-2-7-13-21)26(27(29)33-23)32-19-22-14-8-3-9-15-22/h1-15,23-29H,16-19H2/t23?,24-,25-,26-,27+/m0/s1. The summed E-state index contributed by atoms with van der Waals surface area (Å²) in [5.41, 5.74) is 2.95. The van der Waals surface area contributed by atoms with Crippen LogP contribution in [0.4, 0.5) is 0 Å². The number of benzene rings is 3. The van der Waals surface area contributed by atoms with Crippen LogP contribution in [0.1, 0.15) is 16.7 Å². The predicted molar refractivity (Wildman–Crippen MR) is 123 cm³/mol. The van der Waals surface area contributed by atoms with Crippen LogP contribution < -0.4 is 0 Å². The van der Waals surface area contributed by atoms with Gasteiger partial charge in [-0.05, 0) is 16.7 Å². The highest BCUT2D eigenvalue weighted by Gasteiger charge is 2.47. The van der Waals surface area contributed by atoms with E-state index in [9.17, 15) is 10.2 Å². The summed E-state index contributed by atoms with van der Waals surface area (Å²) >= 11 is 0. The van der Waals surface area contributed by atoms with Crippen molar-refractivity contribution in [1.82, 2.24) is 0 Å². The van der Waals surface area contributed by atoms with Crippen LogP contribution in [-0.2, 0) is 38.8 Å². The zero-order valence-corrected chi connectivity index (χ0v) is 18.4. The van der Waals surface area contributed by atoms with E-state index < -0.39 is 30.7 Å². The van der Waals surface area contributed by atoms with Crippen LogP contribution in [0.5, 0.6) is 0 Å². The van der Waals surface area contributed by atoms with E-state index in [0.717, 1.165) is 16.7 Å². The summed E-state index contributed by atoms with van der Waals surface area (Å²) in [5, 5.41) is 20.7. The molecule has 6 heteroatoms. The van der Waals surface area contributed by atoms with Crippen molar-refractivity contribution in [1.29, 1.82) is 0 Å². The Kier molecular flexibility index (Phi) is 8.60. The minimum Gasteiger partial charge on any atom is -0.394 e. The molecular formula is C27H30O6. The van der Waals surface area contributed by atoms with Gasteiger partial charge in [0.1, 0.15) is 24.4 Å². The minimum absolute atomic E-state index is 0.284. The molecule has 1 fully saturated rings. The average Bonchev–Trinajstić information content (AvgIpc) is 2.87. The van der Waals surface area contributed by atoms with Gasteiger partial charge in [0.25, 0.3) is 0 Å². The molecule has 2 N–H and O–H groups in total. The second-order valence-corrected chi connectivity index (χ2v) is 8.03. The summed E-state index contributed by atoms with van der Waals surface area (Å²) in [4.78, 5) is 0. The molecule has 6 nitrogen and oxygen atoms in total. The molecule has 33 heavy (non-hydrogen) atoms. The highest BCUT2D eigenvalue weighted by molar-refractivity contribution is 5.15. The molecule has 0 bridgehead atoms. The van der Waals surface area contributed by atoms with Crippen molar-refractivity contribution in [2.24, 2.45) is 0 Å². The largest absolute Gasteiger partial charge is 0.394 e. The second kappa shape index (κ2) is 12.0. The fourth-order valence-electron chi connectivity index (χ4n) is 3.91. The van der Waals surface area contributed by atoms with E-state index in [1.54, 1.807) is 0 Å². The number of aliphatic hydroxyl groups excluding tert-OH is 2. The summed E-state index contributed by atoms with van der Waals surface area (Å²) < 4.78 is 24.3. The van der Waals surface area contributed by atoms with Crippen molar-refractivity contribution in [3.8, 4) is 0 Å². The van der Waals surface area contributed by atoms with Gasteiger partial charge in [-0.15, -0.1) is 0 Å². The Balaban J connectivity index is 1.53. The Labute approximate surface area is 194 Å². The topological polar surface area (TPSA) is 77.4 Å². The van der Waals surface area contributed by atoms with E-state index in [1.165, 1.54) is 0 Å². The highest BCUT2D eigenvalue weighted by atomic mass is 16.7. The molecule has 0 spiro atoms. The van der Waals surface area contributed by atoms with E-state index in [1.807, 2.05) is 91.0 Å². The number of aliphatic hydroxyl groups is 2. The molecule has 0 radical (unpaired) electrons. The third-order valence-electron chi connectivity index (χ3n) is 5.65. The first-order chi connectivity index (χ1) is 16.2. The summed E-state index contributed by atoms with van der Waals surface area (Å²) in [6.45, 7) is 0.601. The summed E-state index contributed by atoms with van der Waals surface area (Å²) in [5.74, 6) is 0. The summed E-state index contributed by atoms with van der Waals surface area (Å²) in [6.07, 6.45) is -4.09. The molecule has 1 unspecified atom stereocenters. The van der Waals surface area contributed by atoms with Crippen LogP contribution in [0, 0.1) is 0 Å². The molecule has 0 aliphatic carbocycles. The smallest absolute Gasteiger partial charge is 0.184 e. The fourth-order valence-corrected chi connectivity index (χ4v) is 3.91. The third kappa shape index (κ3) is 6.48. The molecule has 1 heterocycles. The van der Waals surface area contributed by atoms with Gasteiger partial charge in [0, 0.05) is 0 Å². The van der Waals surface area contributed by atoms with Crippen LogP contribution in [0.15, 0.2) is 91.0 Å². The Morgan fingerprint density at radius 2 is 0.970 bits per heavy atom. The third-order valence-corrected chi connectivity index (χ3v) is 5.65. The zero-order valence-electron chi connectivity index (χ0n) is 18.4. The number of hydrogen-bond acceptors (Lipinski definition) is 6. The molecule has 1 aliphatic rings. The van der Waals surface area contributed by atoms with Gasteiger partial charge >= 0.3 is 0 Å². The lowest BCUT2D eigenvalue weighted by atomic mass is 9.98. The van der Waals surface area contributed by atoms with Crippen molar-refractivity contribution < 1.29 is 29.2 Å². The Bertz CT molecular complexity index is 937. The van der Waals surface area contributed by atoms with E-state index in [0.29, 0.717) is 13.2 Å². The molecule has 1 aliphatic heterocycles. The molecule has 0 amide bonds. The molecule has 1 saturated heterocycles. The molecular weight excluding hydrogens is 420 g/mol. The van der Waals surface area contributed by atoms with Crippen molar-refractivity contribution in [2.75, 3.05) is 6.61 Å². The lowest BCUT2D eigenvalue weighted by molar-refractivity contribution is -0.315.